The molecular formula is C48H101N13O22. The molecule has 0 aromatic rings. The lowest BCUT2D eigenvalue weighted by molar-refractivity contribution is 0.0114. The molecule has 490 valence electrons. The van der Waals surface area contributed by atoms with Crippen LogP contribution in [0.25, 0.3) is 0 Å². The molecule has 0 radical (unpaired) electrons. The molecule has 0 spiro atoms. The van der Waals surface area contributed by atoms with Crippen LogP contribution < -0.4 is 42.5 Å². The van der Waals surface area contributed by atoms with Gasteiger partial charge in [-0.2, -0.15) is 26.0 Å². The van der Waals surface area contributed by atoms with Crippen LogP contribution in [0.1, 0.15) is 122 Å². The summed E-state index contributed by atoms with van der Waals surface area (Å²) in [6, 6.07) is 0. The Balaban J connectivity index is -0.0000000616. The van der Waals surface area contributed by atoms with Crippen molar-refractivity contribution in [2.24, 2.45) is 4.99 Å². The minimum absolute atomic E-state index is 0. The Morgan fingerprint density at radius 1 is 0.386 bits per heavy atom. The van der Waals surface area contributed by atoms with Crippen molar-refractivity contribution < 1.29 is 105 Å². The average Bonchev–Trinajstić information content (AvgIpc) is 3.34. The van der Waals surface area contributed by atoms with E-state index < -0.39 is 61.0 Å². The van der Waals surface area contributed by atoms with Crippen LogP contribution in [0.4, 0.5) is 38.4 Å². The largest absolute Gasteiger partial charge is 0.450 e. The number of hydrogen-bond donors (Lipinski definition) is 8. The number of carbonyl (C=O) groups is 8. The van der Waals surface area contributed by atoms with Crippen LogP contribution in [-0.4, -0.2) is 173 Å². The van der Waals surface area contributed by atoms with Crippen LogP contribution >= 0.6 is 0 Å². The summed E-state index contributed by atoms with van der Waals surface area (Å²) < 4.78 is 59.8. The number of carbonyl (C=O) groups excluding carboxylic acids is 9. The molecule has 8 N–H and O–H groups in total. The van der Waals surface area contributed by atoms with Crippen molar-refractivity contribution in [2.45, 2.75) is 134 Å². The quantitative estimate of drug-likeness (QED) is 0.00908. The Labute approximate surface area is 492 Å². The highest BCUT2D eigenvalue weighted by atomic mass is 16.6. The van der Waals surface area contributed by atoms with Crippen molar-refractivity contribution in [3.63, 3.8) is 0 Å². The summed E-state index contributed by atoms with van der Waals surface area (Å²) in [5.74, 6) is 0. The van der Waals surface area contributed by atoms with Gasteiger partial charge in [0.2, 0.25) is 6.08 Å². The summed E-state index contributed by atoms with van der Waals surface area (Å²) in [5, 5.41) is 50.3. The number of alkyl carbamates (subject to hydrolysis) is 8. The zero-order valence-corrected chi connectivity index (χ0v) is 40.6. The van der Waals surface area contributed by atoms with Gasteiger partial charge in [-0.3, -0.25) is 21.3 Å². The number of isocyanates is 1. The number of ether oxygens (including phenoxy) is 13. The number of rotatable bonds is 30. The van der Waals surface area contributed by atoms with Gasteiger partial charge < -0.3 is 82.8 Å². The molecule has 0 heterocycles. The first-order chi connectivity index (χ1) is 35.1. The van der Waals surface area contributed by atoms with Gasteiger partial charge in [-0.15, -0.1) is 0 Å². The zero-order valence-electron chi connectivity index (χ0n) is 40.6. The molecule has 0 bridgehead atoms. The van der Waals surface area contributed by atoms with E-state index in [-0.39, 0.29) is 161 Å². The second kappa shape index (κ2) is 86.5. The highest BCUT2D eigenvalue weighted by molar-refractivity contribution is 5.69. The number of nitrogens with one attached hydrogen (secondary N) is 8. The van der Waals surface area contributed by atoms with Gasteiger partial charge in [0.25, 0.3) is 25.0 Å². The molecule has 0 aliphatic rings. The van der Waals surface area contributed by atoms with Crippen molar-refractivity contribution in [1.29, 1.82) is 21.0 Å². The summed E-state index contributed by atoms with van der Waals surface area (Å²) in [6.45, 7) is 9.14. The molecule has 35 nitrogen and oxygen atoms in total. The van der Waals surface area contributed by atoms with E-state index in [9.17, 15) is 43.2 Å². The number of nitrogens with zero attached hydrogens (tertiary/aromatic N) is 5. The molecule has 35 heteroatoms. The summed E-state index contributed by atoms with van der Waals surface area (Å²) >= 11 is 0. The number of aliphatic imine (C=N–C) groups is 1. The second-order valence-electron chi connectivity index (χ2n) is 11.9. The van der Waals surface area contributed by atoms with E-state index in [2.05, 4.69) is 80.7 Å². The summed E-state index contributed by atoms with van der Waals surface area (Å²) in [7, 11) is 0. The summed E-state index contributed by atoms with van der Waals surface area (Å²) in [6.07, 6.45) is 1.56. The lowest BCUT2D eigenvalue weighted by Gasteiger charge is -2.13. The standard InChI is InChI=1S/C11H16N4O7.C10H17N3O5.C9H15N3O5.C8H13N3O5.10CH4/c1-9(22-11(18)15-8-20-5-12)4-19-2-3-21-10(17)14-6-13-7-16;1-2-12-9(14)17-5-3-4-6-18-10(15)13-8-16-7-11;1-3-11-8(13)16-4-7(2)17-9(14)12-6-15-5-10;1-2-10-7(12)15-3-4-16-8(13)11-6-14-5-9;;;;;;;;;;/h9H,2-4,6,8H2,1H3,(H,14,17)(H,15,18);2-6,8H2,1H3,(H,12,14)(H,13,15);7H,3-4,6H2,1-2H3,(H,11,13)(H,12,14);2-4,6H2,1H3,(H,10,12)(H,11,13);10*1H4. The van der Waals surface area contributed by atoms with Crippen molar-refractivity contribution in [3.05, 3.63) is 0 Å². The average molecular weight is 1210 g/mol. The second-order valence-corrected chi connectivity index (χ2v) is 11.9. The summed E-state index contributed by atoms with van der Waals surface area (Å²) in [5.41, 5.74) is 0. The van der Waals surface area contributed by atoms with Gasteiger partial charge in [0.05, 0.1) is 26.4 Å². The van der Waals surface area contributed by atoms with Crippen molar-refractivity contribution in [3.8, 4) is 25.0 Å². The highest BCUT2D eigenvalue weighted by Crippen LogP contribution is 1.96. The Morgan fingerprint density at radius 2 is 0.663 bits per heavy atom. The monoisotopic (exact) mass is 1210 g/mol. The predicted octanol–water partition coefficient (Wildman–Crippen LogP) is 6.86. The number of nitriles is 4. The third-order valence-electron chi connectivity index (χ3n) is 6.18. The van der Waals surface area contributed by atoms with Gasteiger partial charge >= 0.3 is 48.7 Å². The molecule has 0 saturated heterocycles. The Morgan fingerprint density at radius 3 is 0.988 bits per heavy atom. The first-order valence-electron chi connectivity index (χ1n) is 21.1. The molecule has 2 unspecified atom stereocenters. The predicted molar refractivity (Wildman–Crippen MR) is 303 cm³/mol. The third kappa shape index (κ3) is 95.4. The fourth-order valence-electron chi connectivity index (χ4n) is 3.34. The van der Waals surface area contributed by atoms with Crippen molar-refractivity contribution in [2.75, 3.05) is 106 Å². The van der Waals surface area contributed by atoms with E-state index in [1.165, 1.54) is 31.1 Å². The molecule has 0 aromatic carbocycles. The number of hydrogen-bond acceptors (Lipinski definition) is 27. The van der Waals surface area contributed by atoms with Crippen LogP contribution in [-0.2, 0) is 66.4 Å². The molecule has 2 atom stereocenters. The van der Waals surface area contributed by atoms with Crippen molar-refractivity contribution >= 4 is 54.8 Å². The van der Waals surface area contributed by atoms with E-state index in [1.807, 2.05) is 0 Å². The lowest BCUT2D eigenvalue weighted by atomic mass is 10.3. The van der Waals surface area contributed by atoms with E-state index in [4.69, 9.17) is 49.5 Å². The van der Waals surface area contributed by atoms with Crippen LogP contribution in [0, 0.1) is 46.1 Å². The lowest BCUT2D eigenvalue weighted by Crippen LogP contribution is -2.33. The third-order valence-corrected chi connectivity index (χ3v) is 6.18. The van der Waals surface area contributed by atoms with Gasteiger partial charge in [-0.05, 0) is 47.5 Å². The van der Waals surface area contributed by atoms with Gasteiger partial charge in [-0.1, -0.05) is 74.3 Å². The van der Waals surface area contributed by atoms with Gasteiger partial charge in [0, 0.05) is 19.6 Å². The van der Waals surface area contributed by atoms with E-state index >= 15 is 0 Å². The molecule has 0 aliphatic carbocycles. The SMILES string of the molecule is C.C.C.C.C.C.C.C.C.C.CC(COCCOC(=O)NCN=C=O)OC(=O)NCOC#N.CCNC(=O)OCC(C)OC(=O)NCOC#N.CCNC(=O)OCCCCOC(=O)NCOC#N.CCNC(=O)OCCOC(=O)NCOC#N. The first kappa shape index (κ1) is 109. The molecule has 0 saturated carbocycles. The molecular weight excluding hydrogens is 1110 g/mol. The first-order valence-corrected chi connectivity index (χ1v) is 21.1. The van der Waals surface area contributed by atoms with Crippen LogP contribution in [0.15, 0.2) is 4.99 Å². The minimum atomic E-state index is -0.757. The Kier molecular flexibility index (Phi) is 114. The van der Waals surface area contributed by atoms with E-state index in [1.54, 1.807) is 34.6 Å². The topological polar surface area (TPSA) is 477 Å². The van der Waals surface area contributed by atoms with Gasteiger partial charge in [-0.25, -0.2) is 43.2 Å². The fraction of sp³-hybridized carbons (Fsp3) is 0.729. The maximum Gasteiger partial charge on any atom is 0.410 e. The maximum absolute atomic E-state index is 11.1. The molecule has 0 fully saturated rings. The van der Waals surface area contributed by atoms with Crippen LogP contribution in [0.5, 0.6) is 0 Å². The smallest absolute Gasteiger partial charge is 0.410 e. The molecule has 0 aromatic heterocycles. The number of amides is 8. The molecule has 0 rings (SSSR count). The number of unbranched alkanes of at least 4 members (excludes halogenated alkanes) is 1. The minimum Gasteiger partial charge on any atom is -0.450 e. The van der Waals surface area contributed by atoms with Crippen molar-refractivity contribution in [1.82, 2.24) is 42.5 Å². The van der Waals surface area contributed by atoms with Crippen LogP contribution in [0.3, 0.4) is 0 Å². The highest BCUT2D eigenvalue weighted by Gasteiger charge is 2.12. The normalized spacial score (nSPS) is 8.49. The van der Waals surface area contributed by atoms with E-state index in [0.717, 1.165) is 0 Å². The Bertz CT molecular complexity index is 1780. The van der Waals surface area contributed by atoms with Gasteiger partial charge in [0.15, 0.2) is 26.9 Å². The molecule has 0 aliphatic heterocycles. The van der Waals surface area contributed by atoms with E-state index in [0.29, 0.717) is 32.5 Å². The van der Waals surface area contributed by atoms with Gasteiger partial charge in [0.1, 0.15) is 45.3 Å². The maximum atomic E-state index is 11.1. The van der Waals surface area contributed by atoms with Crippen LogP contribution in [0.2, 0.25) is 0 Å². The molecule has 8 amide bonds. The summed E-state index contributed by atoms with van der Waals surface area (Å²) in [4.78, 5) is 100. The molecule has 83 heavy (non-hydrogen) atoms. The zero-order chi connectivity index (χ0) is 55.6. The fourth-order valence-corrected chi connectivity index (χ4v) is 3.34. The Hall–Kier alpha value is -9.34.